The van der Waals surface area contributed by atoms with Gasteiger partial charge in [0.25, 0.3) is 5.91 Å². The van der Waals surface area contributed by atoms with Crippen LogP contribution in [0.25, 0.3) is 0 Å². The zero-order valence-corrected chi connectivity index (χ0v) is 15.8. The van der Waals surface area contributed by atoms with Gasteiger partial charge in [-0.25, -0.2) is 13.4 Å². The molecule has 1 aliphatic heterocycles. The van der Waals surface area contributed by atoms with Crippen molar-refractivity contribution in [1.29, 1.82) is 0 Å². The monoisotopic (exact) mass is 395 g/mol. The summed E-state index contributed by atoms with van der Waals surface area (Å²) in [5.41, 5.74) is 0.229. The van der Waals surface area contributed by atoms with Crippen molar-refractivity contribution >= 4 is 33.5 Å². The lowest BCUT2D eigenvalue weighted by molar-refractivity contribution is 0.0950. The lowest BCUT2D eigenvalue weighted by atomic mass is 10.4. The number of H-pyrrole nitrogens is 1. The minimum absolute atomic E-state index is 0.126. The van der Waals surface area contributed by atoms with E-state index in [2.05, 4.69) is 20.6 Å². The van der Waals surface area contributed by atoms with E-state index in [0.717, 1.165) is 17.3 Å². The van der Waals surface area contributed by atoms with E-state index >= 15 is 0 Å². The second-order valence-electron chi connectivity index (χ2n) is 5.66. The molecule has 0 radical (unpaired) electrons. The summed E-state index contributed by atoms with van der Waals surface area (Å²) in [4.78, 5) is 19.2. The number of rotatable bonds is 7. The molecule has 0 bridgehead atoms. The van der Waals surface area contributed by atoms with Gasteiger partial charge in [0.15, 0.2) is 0 Å². The number of pyridine rings is 1. The van der Waals surface area contributed by atoms with Gasteiger partial charge in [-0.15, -0.1) is 0 Å². The number of thioether (sulfide) groups is 1. The number of hydrogen-bond donors (Lipinski definition) is 3. The molecule has 3 rings (SSSR count). The normalized spacial score (nSPS) is 15.5. The fourth-order valence-electron chi connectivity index (χ4n) is 2.52. The molecule has 0 atom stereocenters. The SMILES string of the molecule is O=C(NCCNc1ccccn1)c1cc(S(=O)(=O)N2CCSCC2)c[nH]1. The first kappa shape index (κ1) is 18.7. The van der Waals surface area contributed by atoms with Gasteiger partial charge in [-0.2, -0.15) is 16.1 Å². The first-order valence-electron chi connectivity index (χ1n) is 8.27. The highest BCUT2D eigenvalue weighted by molar-refractivity contribution is 7.99. The van der Waals surface area contributed by atoms with Gasteiger partial charge in [0, 0.05) is 50.1 Å². The Bertz CT molecular complexity index is 833. The molecule has 3 heterocycles. The number of anilines is 1. The minimum atomic E-state index is -3.55. The van der Waals surface area contributed by atoms with Crippen LogP contribution in [0, 0.1) is 0 Å². The highest BCUT2D eigenvalue weighted by Gasteiger charge is 2.27. The first-order chi connectivity index (χ1) is 12.6. The first-order valence-corrected chi connectivity index (χ1v) is 10.9. The predicted octanol–water partition coefficient (Wildman–Crippen LogP) is 0.989. The summed E-state index contributed by atoms with van der Waals surface area (Å²) in [5.74, 6) is 1.97. The Labute approximate surface area is 156 Å². The Morgan fingerprint density at radius 1 is 1.27 bits per heavy atom. The highest BCUT2D eigenvalue weighted by atomic mass is 32.2. The van der Waals surface area contributed by atoms with Gasteiger partial charge < -0.3 is 15.6 Å². The van der Waals surface area contributed by atoms with Crippen LogP contribution < -0.4 is 10.6 Å². The van der Waals surface area contributed by atoms with Gasteiger partial charge in [-0.1, -0.05) is 6.07 Å². The van der Waals surface area contributed by atoms with Gasteiger partial charge in [-0.3, -0.25) is 4.79 Å². The quantitative estimate of drug-likeness (QED) is 0.604. The molecule has 0 saturated carbocycles. The minimum Gasteiger partial charge on any atom is -0.368 e. The van der Waals surface area contributed by atoms with E-state index in [1.54, 1.807) is 18.0 Å². The van der Waals surface area contributed by atoms with E-state index in [1.165, 1.54) is 16.6 Å². The number of carbonyl (C=O) groups is 1. The second kappa shape index (κ2) is 8.56. The fourth-order valence-corrected chi connectivity index (χ4v) is 5.09. The van der Waals surface area contributed by atoms with Crippen molar-refractivity contribution in [3.8, 4) is 0 Å². The Balaban J connectivity index is 1.52. The van der Waals surface area contributed by atoms with Gasteiger partial charge in [-0.05, 0) is 18.2 Å². The number of sulfonamides is 1. The number of hydrogen-bond acceptors (Lipinski definition) is 6. The number of aromatic amines is 1. The summed E-state index contributed by atoms with van der Waals surface area (Å²) < 4.78 is 26.6. The van der Waals surface area contributed by atoms with E-state index in [4.69, 9.17) is 0 Å². The summed E-state index contributed by atoms with van der Waals surface area (Å²) in [6, 6.07) is 6.92. The topological polar surface area (TPSA) is 107 Å². The van der Waals surface area contributed by atoms with Crippen molar-refractivity contribution in [3.05, 3.63) is 42.4 Å². The Hall–Kier alpha value is -2.04. The molecule has 2 aromatic heterocycles. The Morgan fingerprint density at radius 2 is 2.08 bits per heavy atom. The van der Waals surface area contributed by atoms with Crippen molar-refractivity contribution < 1.29 is 13.2 Å². The molecular formula is C16H21N5O3S2. The molecule has 140 valence electrons. The molecule has 10 heteroatoms. The average molecular weight is 396 g/mol. The molecule has 1 aliphatic rings. The molecule has 0 aliphatic carbocycles. The van der Waals surface area contributed by atoms with Crippen molar-refractivity contribution in [2.24, 2.45) is 0 Å². The van der Waals surface area contributed by atoms with Crippen LogP contribution in [0.4, 0.5) is 5.82 Å². The van der Waals surface area contributed by atoms with Crippen molar-refractivity contribution in [2.45, 2.75) is 4.90 Å². The van der Waals surface area contributed by atoms with Crippen LogP contribution >= 0.6 is 11.8 Å². The summed E-state index contributed by atoms with van der Waals surface area (Å²) in [6.07, 6.45) is 3.06. The predicted molar refractivity (Wildman–Crippen MR) is 102 cm³/mol. The summed E-state index contributed by atoms with van der Waals surface area (Å²) in [6.45, 7) is 1.90. The number of carbonyl (C=O) groups excluding carboxylic acids is 1. The highest BCUT2D eigenvalue weighted by Crippen LogP contribution is 2.20. The number of nitrogens with one attached hydrogen (secondary N) is 3. The molecule has 0 aromatic carbocycles. The largest absolute Gasteiger partial charge is 0.368 e. The zero-order valence-electron chi connectivity index (χ0n) is 14.1. The lowest BCUT2D eigenvalue weighted by Crippen LogP contribution is -2.37. The number of aromatic nitrogens is 2. The van der Waals surface area contributed by atoms with E-state index in [9.17, 15) is 13.2 Å². The molecule has 26 heavy (non-hydrogen) atoms. The van der Waals surface area contributed by atoms with E-state index in [-0.39, 0.29) is 16.5 Å². The zero-order chi connectivity index (χ0) is 18.4. The second-order valence-corrected chi connectivity index (χ2v) is 8.83. The molecular weight excluding hydrogens is 374 g/mol. The fraction of sp³-hybridized carbons (Fsp3) is 0.375. The maximum absolute atomic E-state index is 12.6. The van der Waals surface area contributed by atoms with Gasteiger partial charge in [0.05, 0.1) is 0 Å². The van der Waals surface area contributed by atoms with Crippen molar-refractivity contribution in [2.75, 3.05) is 43.0 Å². The molecule has 8 nitrogen and oxygen atoms in total. The molecule has 1 fully saturated rings. The van der Waals surface area contributed by atoms with E-state index in [1.807, 2.05) is 18.2 Å². The van der Waals surface area contributed by atoms with Crippen LogP contribution in [-0.4, -0.2) is 66.3 Å². The molecule has 0 unspecified atom stereocenters. The van der Waals surface area contributed by atoms with Crippen molar-refractivity contribution in [3.63, 3.8) is 0 Å². The third-order valence-electron chi connectivity index (χ3n) is 3.89. The summed E-state index contributed by atoms with van der Waals surface area (Å²) in [5, 5.41) is 5.82. The van der Waals surface area contributed by atoms with Crippen LogP contribution in [-0.2, 0) is 10.0 Å². The van der Waals surface area contributed by atoms with Crippen molar-refractivity contribution in [1.82, 2.24) is 19.6 Å². The summed E-state index contributed by atoms with van der Waals surface area (Å²) in [7, 11) is -3.55. The third kappa shape index (κ3) is 4.57. The van der Waals surface area contributed by atoms with Gasteiger partial charge in [0.1, 0.15) is 16.4 Å². The molecule has 2 aromatic rings. The van der Waals surface area contributed by atoms with Crippen LogP contribution in [0.3, 0.4) is 0 Å². The van der Waals surface area contributed by atoms with Gasteiger partial charge >= 0.3 is 0 Å². The maximum atomic E-state index is 12.6. The van der Waals surface area contributed by atoms with Crippen LogP contribution in [0.1, 0.15) is 10.5 Å². The van der Waals surface area contributed by atoms with Crippen LogP contribution in [0.15, 0.2) is 41.6 Å². The van der Waals surface area contributed by atoms with E-state index < -0.39 is 10.0 Å². The molecule has 1 amide bonds. The molecule has 3 N–H and O–H groups in total. The molecule has 0 spiro atoms. The maximum Gasteiger partial charge on any atom is 0.267 e. The number of nitrogens with zero attached hydrogens (tertiary/aromatic N) is 2. The van der Waals surface area contributed by atoms with Crippen LogP contribution in [0.5, 0.6) is 0 Å². The molecule has 1 saturated heterocycles. The standard InChI is InChI=1S/C16H21N5O3S2/c22-16(19-6-5-18-15-3-1-2-4-17-15)14-11-13(12-20-14)26(23,24)21-7-9-25-10-8-21/h1-4,11-12,20H,5-10H2,(H,17,18)(H,19,22). The summed E-state index contributed by atoms with van der Waals surface area (Å²) >= 11 is 1.74. The smallest absolute Gasteiger partial charge is 0.267 e. The van der Waals surface area contributed by atoms with E-state index in [0.29, 0.717) is 26.2 Å². The average Bonchev–Trinajstić information content (AvgIpc) is 3.18. The Kier molecular flexibility index (Phi) is 6.17. The van der Waals surface area contributed by atoms with Crippen LogP contribution in [0.2, 0.25) is 0 Å². The third-order valence-corrected chi connectivity index (χ3v) is 6.71. The number of amides is 1. The Morgan fingerprint density at radius 3 is 2.81 bits per heavy atom. The van der Waals surface area contributed by atoms with Gasteiger partial charge in [0.2, 0.25) is 10.0 Å². The lowest BCUT2D eigenvalue weighted by Gasteiger charge is -2.24.